The highest BCUT2D eigenvalue weighted by Crippen LogP contribution is 2.20. The Labute approximate surface area is 178 Å². The molecule has 4 rings (SSSR count). The first kappa shape index (κ1) is 19.5. The zero-order valence-electron chi connectivity index (χ0n) is 15.6. The van der Waals surface area contributed by atoms with Crippen molar-refractivity contribution in [1.82, 2.24) is 30.8 Å². The Balaban J connectivity index is 1.50. The second kappa shape index (κ2) is 7.91. The molecule has 0 aliphatic heterocycles. The molecule has 2 aromatic carbocycles. The third-order valence-electron chi connectivity index (χ3n) is 4.42. The number of aryl methyl sites for hydroxylation is 1. The summed E-state index contributed by atoms with van der Waals surface area (Å²) in [4.78, 5) is 37.1. The highest BCUT2D eigenvalue weighted by molar-refractivity contribution is 9.10. The third kappa shape index (κ3) is 3.72. The maximum Gasteiger partial charge on any atom is 0.290 e. The monoisotopic (exact) mass is 466 g/mol. The standard InChI is InChI=1S/C20H15BrN6O3/c1-27-20(30)14-5-3-2-4-13(14)17(26-27)19(29)25-24-18(28)16-10-15(22-23-16)11-6-8-12(21)9-7-11/h2-10H,1H3,(H,22,23)(H,24,28)(H,25,29). The predicted molar refractivity (Wildman–Crippen MR) is 114 cm³/mol. The summed E-state index contributed by atoms with van der Waals surface area (Å²) in [6.45, 7) is 0. The van der Waals surface area contributed by atoms with Gasteiger partial charge in [0.15, 0.2) is 5.69 Å². The summed E-state index contributed by atoms with van der Waals surface area (Å²) in [5.41, 5.74) is 5.95. The average Bonchev–Trinajstić information content (AvgIpc) is 3.25. The molecule has 3 N–H and O–H groups in total. The lowest BCUT2D eigenvalue weighted by molar-refractivity contribution is 0.0841. The maximum atomic E-state index is 12.6. The van der Waals surface area contributed by atoms with E-state index in [0.717, 1.165) is 14.7 Å². The summed E-state index contributed by atoms with van der Waals surface area (Å²) in [5.74, 6) is -1.23. The fraction of sp³-hybridized carbons (Fsp3) is 0.0500. The summed E-state index contributed by atoms with van der Waals surface area (Å²) < 4.78 is 2.01. The lowest BCUT2D eigenvalue weighted by Crippen LogP contribution is -2.42. The van der Waals surface area contributed by atoms with Crippen molar-refractivity contribution < 1.29 is 9.59 Å². The number of nitrogens with one attached hydrogen (secondary N) is 3. The van der Waals surface area contributed by atoms with Crippen LogP contribution in [0, 0.1) is 0 Å². The van der Waals surface area contributed by atoms with E-state index in [1.807, 2.05) is 24.3 Å². The number of nitrogens with zero attached hydrogens (tertiary/aromatic N) is 3. The molecule has 0 unspecified atom stereocenters. The van der Waals surface area contributed by atoms with Crippen LogP contribution in [0.15, 0.2) is 63.9 Å². The van der Waals surface area contributed by atoms with Crippen molar-refractivity contribution in [3.63, 3.8) is 0 Å². The molecule has 0 aliphatic rings. The van der Waals surface area contributed by atoms with Gasteiger partial charge in [0, 0.05) is 22.5 Å². The molecular weight excluding hydrogens is 452 g/mol. The van der Waals surface area contributed by atoms with Gasteiger partial charge < -0.3 is 0 Å². The number of carbonyl (C=O) groups is 2. The number of aromatic amines is 1. The van der Waals surface area contributed by atoms with Gasteiger partial charge in [-0.25, -0.2) is 4.68 Å². The van der Waals surface area contributed by atoms with Crippen molar-refractivity contribution >= 4 is 38.5 Å². The summed E-state index contributed by atoms with van der Waals surface area (Å²) in [5, 5.41) is 11.5. The van der Waals surface area contributed by atoms with E-state index in [1.54, 1.807) is 30.3 Å². The van der Waals surface area contributed by atoms with E-state index >= 15 is 0 Å². The topological polar surface area (TPSA) is 122 Å². The molecule has 0 radical (unpaired) electrons. The molecule has 2 amide bonds. The van der Waals surface area contributed by atoms with Gasteiger partial charge in [0.2, 0.25) is 0 Å². The number of H-pyrrole nitrogens is 1. The summed E-state index contributed by atoms with van der Waals surface area (Å²) in [7, 11) is 1.46. The first-order valence-electron chi connectivity index (χ1n) is 8.82. The van der Waals surface area contributed by atoms with Crippen molar-refractivity contribution in [2.75, 3.05) is 0 Å². The molecule has 150 valence electrons. The van der Waals surface area contributed by atoms with Gasteiger partial charge in [0.1, 0.15) is 5.69 Å². The molecule has 4 aromatic rings. The van der Waals surface area contributed by atoms with E-state index in [-0.39, 0.29) is 16.9 Å². The second-order valence-electron chi connectivity index (χ2n) is 6.40. The Morgan fingerprint density at radius 3 is 2.40 bits per heavy atom. The van der Waals surface area contributed by atoms with Crippen molar-refractivity contribution in [3.05, 3.63) is 80.8 Å². The Kier molecular flexibility index (Phi) is 5.15. The number of fused-ring (bicyclic) bond motifs is 1. The quantitative estimate of drug-likeness (QED) is 0.399. The number of benzene rings is 2. The van der Waals surface area contributed by atoms with Gasteiger partial charge in [-0.05, 0) is 24.3 Å². The van der Waals surface area contributed by atoms with Gasteiger partial charge in [-0.2, -0.15) is 10.2 Å². The second-order valence-corrected chi connectivity index (χ2v) is 7.32. The van der Waals surface area contributed by atoms with Crippen LogP contribution < -0.4 is 16.4 Å². The van der Waals surface area contributed by atoms with Crippen LogP contribution in [0.4, 0.5) is 0 Å². The van der Waals surface area contributed by atoms with E-state index in [0.29, 0.717) is 16.5 Å². The third-order valence-corrected chi connectivity index (χ3v) is 4.95. The molecule has 0 saturated heterocycles. The molecule has 2 aromatic heterocycles. The number of carbonyl (C=O) groups excluding carboxylic acids is 2. The zero-order chi connectivity index (χ0) is 21.3. The summed E-state index contributed by atoms with van der Waals surface area (Å²) >= 11 is 3.37. The van der Waals surface area contributed by atoms with E-state index in [4.69, 9.17) is 0 Å². The summed E-state index contributed by atoms with van der Waals surface area (Å²) in [6, 6.07) is 15.7. The predicted octanol–water partition coefficient (Wildman–Crippen LogP) is 2.16. The molecule has 2 heterocycles. The molecule has 0 fully saturated rings. The normalized spacial score (nSPS) is 10.7. The molecule has 0 saturated carbocycles. The van der Waals surface area contributed by atoms with Crippen LogP contribution in [0.5, 0.6) is 0 Å². The van der Waals surface area contributed by atoms with E-state index in [2.05, 4.69) is 42.1 Å². The number of amides is 2. The van der Waals surface area contributed by atoms with Crippen LogP contribution in [0.3, 0.4) is 0 Å². The first-order valence-corrected chi connectivity index (χ1v) is 9.61. The number of rotatable bonds is 3. The molecular formula is C20H15BrN6O3. The number of aromatic nitrogens is 4. The van der Waals surface area contributed by atoms with E-state index in [9.17, 15) is 14.4 Å². The zero-order valence-corrected chi connectivity index (χ0v) is 17.2. The molecule has 10 heteroatoms. The van der Waals surface area contributed by atoms with Crippen molar-refractivity contribution in [2.45, 2.75) is 0 Å². The first-order chi connectivity index (χ1) is 14.4. The van der Waals surface area contributed by atoms with Crippen LogP contribution in [0.25, 0.3) is 22.0 Å². The maximum absolute atomic E-state index is 12.6. The van der Waals surface area contributed by atoms with Crippen molar-refractivity contribution in [3.8, 4) is 11.3 Å². The highest BCUT2D eigenvalue weighted by Gasteiger charge is 2.17. The number of hydrazine groups is 1. The van der Waals surface area contributed by atoms with Crippen LogP contribution in [0.2, 0.25) is 0 Å². The fourth-order valence-corrected chi connectivity index (χ4v) is 3.18. The van der Waals surface area contributed by atoms with Gasteiger partial charge in [-0.3, -0.25) is 30.3 Å². The van der Waals surface area contributed by atoms with Crippen LogP contribution >= 0.6 is 15.9 Å². The van der Waals surface area contributed by atoms with Crippen molar-refractivity contribution in [2.24, 2.45) is 7.05 Å². The Bertz CT molecular complexity index is 1330. The van der Waals surface area contributed by atoms with Gasteiger partial charge in [0.05, 0.1) is 11.1 Å². The van der Waals surface area contributed by atoms with Gasteiger partial charge in [0.25, 0.3) is 17.4 Å². The Morgan fingerprint density at radius 2 is 1.67 bits per heavy atom. The van der Waals surface area contributed by atoms with Crippen LogP contribution in [0.1, 0.15) is 21.0 Å². The van der Waals surface area contributed by atoms with E-state index < -0.39 is 11.8 Å². The van der Waals surface area contributed by atoms with Gasteiger partial charge in [-0.1, -0.05) is 46.3 Å². The Morgan fingerprint density at radius 1 is 1.00 bits per heavy atom. The highest BCUT2D eigenvalue weighted by atomic mass is 79.9. The molecule has 0 bridgehead atoms. The van der Waals surface area contributed by atoms with Crippen LogP contribution in [-0.4, -0.2) is 31.8 Å². The molecule has 0 atom stereocenters. The van der Waals surface area contributed by atoms with Crippen molar-refractivity contribution in [1.29, 1.82) is 0 Å². The number of hydrogen-bond acceptors (Lipinski definition) is 5. The Hall–Kier alpha value is -3.79. The largest absolute Gasteiger partial charge is 0.290 e. The van der Waals surface area contributed by atoms with Gasteiger partial charge >= 0.3 is 0 Å². The summed E-state index contributed by atoms with van der Waals surface area (Å²) in [6.07, 6.45) is 0. The SMILES string of the molecule is Cn1nc(C(=O)NNC(=O)c2cc(-c3ccc(Br)cc3)n[nH]2)c2ccccc2c1=O. The lowest BCUT2D eigenvalue weighted by atomic mass is 10.1. The molecule has 30 heavy (non-hydrogen) atoms. The van der Waals surface area contributed by atoms with Crippen LogP contribution in [-0.2, 0) is 7.05 Å². The fourth-order valence-electron chi connectivity index (χ4n) is 2.91. The number of hydrogen-bond donors (Lipinski definition) is 3. The minimum atomic E-state index is -0.650. The lowest BCUT2D eigenvalue weighted by Gasteiger charge is -2.09. The van der Waals surface area contributed by atoms with Gasteiger partial charge in [-0.15, -0.1) is 0 Å². The van der Waals surface area contributed by atoms with E-state index in [1.165, 1.54) is 7.05 Å². The minimum Gasteiger partial charge on any atom is -0.272 e. The average molecular weight is 467 g/mol. The molecule has 9 nitrogen and oxygen atoms in total. The number of halogens is 1. The molecule has 0 spiro atoms. The smallest absolute Gasteiger partial charge is 0.272 e. The molecule has 0 aliphatic carbocycles. The minimum absolute atomic E-state index is 0.0214.